The van der Waals surface area contributed by atoms with Gasteiger partial charge in [-0.05, 0) is 25.5 Å². The van der Waals surface area contributed by atoms with Gasteiger partial charge in [0.25, 0.3) is 5.91 Å². The van der Waals surface area contributed by atoms with Gasteiger partial charge in [-0.1, -0.05) is 37.6 Å². The van der Waals surface area contributed by atoms with E-state index in [4.69, 9.17) is 4.74 Å². The summed E-state index contributed by atoms with van der Waals surface area (Å²) in [5.74, 6) is 0.255. The molecule has 0 saturated carbocycles. The summed E-state index contributed by atoms with van der Waals surface area (Å²) in [6, 6.07) is 11.4. The zero-order valence-electron chi connectivity index (χ0n) is 13.5. The maximum absolute atomic E-state index is 11.6. The highest BCUT2D eigenvalue weighted by molar-refractivity contribution is 5.88. The van der Waals surface area contributed by atoms with E-state index < -0.39 is 0 Å². The van der Waals surface area contributed by atoms with Gasteiger partial charge in [0.05, 0.1) is 23.8 Å². The van der Waals surface area contributed by atoms with Crippen LogP contribution in [0.25, 0.3) is 5.69 Å². The van der Waals surface area contributed by atoms with Crippen molar-refractivity contribution in [3.63, 3.8) is 0 Å². The quantitative estimate of drug-likeness (QED) is 0.608. The lowest BCUT2D eigenvalue weighted by Gasteiger charge is -2.12. The first kappa shape index (κ1) is 16.7. The van der Waals surface area contributed by atoms with Crippen LogP contribution in [0.3, 0.4) is 0 Å². The molecule has 0 saturated heterocycles. The van der Waals surface area contributed by atoms with Crippen molar-refractivity contribution in [1.82, 2.24) is 9.78 Å². The van der Waals surface area contributed by atoms with Crippen LogP contribution in [0.15, 0.2) is 59.7 Å². The molecule has 2 rings (SSSR count). The lowest BCUT2D eigenvalue weighted by Crippen LogP contribution is -2.15. The average molecular weight is 311 g/mol. The molecular formula is C18H21N3O2. The second kappa shape index (κ2) is 8.68. The molecule has 1 amide bonds. The summed E-state index contributed by atoms with van der Waals surface area (Å²) in [5, 5.41) is 4.84. The zero-order chi connectivity index (χ0) is 16.5. The lowest BCUT2D eigenvalue weighted by atomic mass is 10.3. The number of carbonyl (C=O) groups excluding carboxylic acids is 1. The van der Waals surface area contributed by atoms with Crippen LogP contribution in [0.4, 0.5) is 0 Å². The summed E-state index contributed by atoms with van der Waals surface area (Å²) in [6.45, 7) is 4.48. The third-order valence-electron chi connectivity index (χ3n) is 3.08. The van der Waals surface area contributed by atoms with E-state index in [1.54, 1.807) is 29.9 Å². The highest BCUT2D eigenvalue weighted by atomic mass is 16.5. The smallest absolute Gasteiger partial charge is 0.269 e. The van der Waals surface area contributed by atoms with Crippen LogP contribution in [0.5, 0.6) is 5.88 Å². The van der Waals surface area contributed by atoms with Crippen molar-refractivity contribution in [2.45, 2.75) is 26.7 Å². The normalized spacial score (nSPS) is 11.8. The number of amides is 1. The highest BCUT2D eigenvalue weighted by Crippen LogP contribution is 2.14. The molecule has 1 aromatic carbocycles. The van der Waals surface area contributed by atoms with Crippen molar-refractivity contribution in [2.75, 3.05) is 6.61 Å². The summed E-state index contributed by atoms with van der Waals surface area (Å²) in [7, 11) is 0. The molecule has 23 heavy (non-hydrogen) atoms. The number of ether oxygens (including phenoxy) is 1. The highest BCUT2D eigenvalue weighted by Gasteiger charge is 2.05. The van der Waals surface area contributed by atoms with Crippen molar-refractivity contribution >= 4 is 5.91 Å². The zero-order valence-corrected chi connectivity index (χ0v) is 13.5. The minimum atomic E-state index is -0.314. The van der Waals surface area contributed by atoms with Gasteiger partial charge in [-0.3, -0.25) is 4.79 Å². The van der Waals surface area contributed by atoms with E-state index in [-0.39, 0.29) is 5.91 Å². The Morgan fingerprint density at radius 2 is 2.13 bits per heavy atom. The number of benzene rings is 1. The van der Waals surface area contributed by atoms with Crippen LogP contribution in [0, 0.1) is 0 Å². The Morgan fingerprint density at radius 1 is 1.35 bits per heavy atom. The minimum absolute atomic E-state index is 0.314. The number of unbranched alkanes of at least 4 members (excludes halogenated alkanes) is 1. The molecule has 0 N–H and O–H groups in total. The number of rotatable bonds is 6. The van der Waals surface area contributed by atoms with Crippen LogP contribution in [0.1, 0.15) is 26.7 Å². The molecule has 5 nitrogen and oxygen atoms in total. The van der Waals surface area contributed by atoms with Crippen LogP contribution in [0.2, 0.25) is 0 Å². The van der Waals surface area contributed by atoms with Crippen molar-refractivity contribution < 1.29 is 9.53 Å². The van der Waals surface area contributed by atoms with Gasteiger partial charge < -0.3 is 4.74 Å². The van der Waals surface area contributed by atoms with Gasteiger partial charge in [0.1, 0.15) is 0 Å². The number of aromatic nitrogens is 2. The molecule has 0 aliphatic rings. The van der Waals surface area contributed by atoms with E-state index in [9.17, 15) is 4.79 Å². The molecule has 1 heterocycles. The molecular weight excluding hydrogens is 290 g/mol. The molecule has 0 aliphatic carbocycles. The summed E-state index contributed by atoms with van der Waals surface area (Å²) < 4.78 is 7.53. The molecule has 5 heteroatoms. The van der Waals surface area contributed by atoms with Crippen molar-refractivity contribution in [1.29, 1.82) is 0 Å². The third-order valence-corrected chi connectivity index (χ3v) is 3.08. The number of hydrogen-bond acceptors (Lipinski definition) is 3. The van der Waals surface area contributed by atoms with E-state index in [1.807, 2.05) is 30.3 Å². The third kappa shape index (κ3) is 4.92. The Hall–Kier alpha value is -2.69. The molecule has 2 aromatic rings. The lowest BCUT2D eigenvalue weighted by molar-refractivity contribution is -0.113. The van der Waals surface area contributed by atoms with Crippen molar-refractivity contribution in [3.05, 3.63) is 60.1 Å². The van der Waals surface area contributed by atoms with Gasteiger partial charge in [-0.25, -0.2) is 9.67 Å². The van der Waals surface area contributed by atoms with Crippen molar-refractivity contribution in [3.8, 4) is 11.6 Å². The topological polar surface area (TPSA) is 56.5 Å². The Bertz CT molecular complexity index is 733. The standard InChI is InChI=1S/C18H21N3O2/c1-3-5-12-23-18-13-15(20-17(22)9-4-2)14-19-21(18)16-10-7-6-8-11-16/h4,6-11,13-14H,3,5,12H2,1-2H3. The van der Waals surface area contributed by atoms with Gasteiger partial charge >= 0.3 is 0 Å². The number of para-hydroxylation sites is 1. The minimum Gasteiger partial charge on any atom is -0.478 e. The largest absolute Gasteiger partial charge is 0.478 e. The Morgan fingerprint density at radius 3 is 2.83 bits per heavy atom. The Labute approximate surface area is 136 Å². The second-order valence-electron chi connectivity index (χ2n) is 4.95. The first-order chi connectivity index (χ1) is 11.2. The fourth-order valence-electron chi connectivity index (χ4n) is 1.95. The molecule has 0 spiro atoms. The SMILES string of the molecule is CC=CC(=O)N=c1cnn(-c2ccccc2)c(OCCCC)c1. The molecule has 0 fully saturated rings. The Kier molecular flexibility index (Phi) is 6.29. The number of allylic oxidation sites excluding steroid dienone is 1. The van der Waals surface area contributed by atoms with Crippen molar-refractivity contribution in [2.24, 2.45) is 4.99 Å². The average Bonchev–Trinajstić information content (AvgIpc) is 2.56. The van der Waals surface area contributed by atoms with Gasteiger partial charge in [-0.15, -0.1) is 0 Å². The first-order valence-corrected chi connectivity index (χ1v) is 7.73. The molecule has 1 aromatic heterocycles. The molecule has 0 radical (unpaired) electrons. The molecule has 0 aliphatic heterocycles. The second-order valence-corrected chi connectivity index (χ2v) is 4.95. The van der Waals surface area contributed by atoms with Crippen LogP contribution in [-0.4, -0.2) is 22.3 Å². The molecule has 120 valence electrons. The van der Waals surface area contributed by atoms with E-state index in [1.165, 1.54) is 6.08 Å². The maximum atomic E-state index is 11.6. The summed E-state index contributed by atoms with van der Waals surface area (Å²) in [4.78, 5) is 15.6. The van der Waals surface area contributed by atoms with Gasteiger partial charge in [0.2, 0.25) is 5.88 Å². The number of hydrogen-bond donors (Lipinski definition) is 0. The van der Waals surface area contributed by atoms with Crippen LogP contribution < -0.4 is 10.1 Å². The summed E-state index contributed by atoms with van der Waals surface area (Å²) >= 11 is 0. The maximum Gasteiger partial charge on any atom is 0.269 e. The van der Waals surface area contributed by atoms with Gasteiger partial charge in [-0.2, -0.15) is 5.10 Å². The molecule has 0 unspecified atom stereocenters. The first-order valence-electron chi connectivity index (χ1n) is 7.73. The number of nitrogens with zero attached hydrogens (tertiary/aromatic N) is 3. The number of carbonyl (C=O) groups is 1. The van der Waals surface area contributed by atoms with Gasteiger partial charge in [0, 0.05) is 12.1 Å². The summed E-state index contributed by atoms with van der Waals surface area (Å²) in [6.07, 6.45) is 6.62. The molecule has 0 atom stereocenters. The fraction of sp³-hybridized carbons (Fsp3) is 0.278. The predicted octanol–water partition coefficient (Wildman–Crippen LogP) is 3.05. The fourth-order valence-corrected chi connectivity index (χ4v) is 1.95. The predicted molar refractivity (Wildman–Crippen MR) is 89.4 cm³/mol. The Balaban J connectivity index is 2.40. The van der Waals surface area contributed by atoms with Gasteiger partial charge in [0.15, 0.2) is 0 Å². The van der Waals surface area contributed by atoms with E-state index in [0.29, 0.717) is 17.8 Å². The molecule has 0 bridgehead atoms. The van der Waals surface area contributed by atoms with Crippen LogP contribution in [-0.2, 0) is 4.79 Å². The summed E-state index contributed by atoms with van der Waals surface area (Å²) in [5.41, 5.74) is 0.894. The van der Waals surface area contributed by atoms with E-state index in [0.717, 1.165) is 18.5 Å². The van der Waals surface area contributed by atoms with Crippen LogP contribution >= 0.6 is 0 Å². The van der Waals surface area contributed by atoms with E-state index >= 15 is 0 Å². The monoisotopic (exact) mass is 311 g/mol. The van der Waals surface area contributed by atoms with E-state index in [2.05, 4.69) is 17.0 Å².